The molecule has 0 bridgehead atoms. The van der Waals surface area contributed by atoms with Gasteiger partial charge in [-0.05, 0) is 37.9 Å². The van der Waals surface area contributed by atoms with Crippen molar-refractivity contribution in [3.8, 4) is 0 Å². The van der Waals surface area contributed by atoms with Crippen molar-refractivity contribution in [2.75, 3.05) is 7.05 Å². The lowest BCUT2D eigenvalue weighted by Crippen LogP contribution is -2.29. The molecule has 1 aromatic rings. The number of thiophene rings is 1. The number of aliphatic imine (C=N–C) groups is 1. The fourth-order valence-electron chi connectivity index (χ4n) is 1.39. The van der Waals surface area contributed by atoms with Gasteiger partial charge in [0.15, 0.2) is 0 Å². The standard InChI is InChI=1S/C8H7Br2N3OS/c1-13-5(7(11)12-8(13)14)4-2-3(9)6(10)15-4/h2,5H,1H3,(H2,11,12,14). The van der Waals surface area contributed by atoms with E-state index in [0.29, 0.717) is 5.84 Å². The summed E-state index contributed by atoms with van der Waals surface area (Å²) in [5.74, 6) is 0.351. The Morgan fingerprint density at radius 3 is 2.67 bits per heavy atom. The number of halogens is 2. The average molecular weight is 353 g/mol. The molecular formula is C8H7Br2N3OS. The maximum atomic E-state index is 11.3. The molecule has 15 heavy (non-hydrogen) atoms. The van der Waals surface area contributed by atoms with E-state index in [1.165, 1.54) is 16.2 Å². The minimum atomic E-state index is -0.293. The van der Waals surface area contributed by atoms with Crippen LogP contribution in [0.25, 0.3) is 0 Å². The van der Waals surface area contributed by atoms with Crippen LogP contribution in [0.3, 0.4) is 0 Å². The molecule has 0 spiro atoms. The molecule has 80 valence electrons. The predicted octanol–water partition coefficient (Wildman–Crippen LogP) is 2.74. The highest BCUT2D eigenvalue weighted by Crippen LogP contribution is 2.38. The number of amides is 2. The van der Waals surface area contributed by atoms with Crippen LogP contribution in [-0.4, -0.2) is 23.8 Å². The van der Waals surface area contributed by atoms with Gasteiger partial charge in [0.2, 0.25) is 0 Å². The summed E-state index contributed by atoms with van der Waals surface area (Å²) in [5, 5.41) is 0. The Morgan fingerprint density at radius 1 is 1.60 bits per heavy atom. The third-order valence-electron chi connectivity index (χ3n) is 2.13. The molecule has 0 aliphatic carbocycles. The highest BCUT2D eigenvalue weighted by molar-refractivity contribution is 9.13. The molecule has 2 amide bonds. The lowest BCUT2D eigenvalue weighted by molar-refractivity contribution is 0.219. The summed E-state index contributed by atoms with van der Waals surface area (Å²) in [7, 11) is 1.69. The molecule has 2 heterocycles. The van der Waals surface area contributed by atoms with E-state index in [4.69, 9.17) is 5.73 Å². The first-order valence-corrected chi connectivity index (χ1v) is 6.46. The van der Waals surface area contributed by atoms with Crippen molar-refractivity contribution >= 4 is 55.1 Å². The molecule has 4 nitrogen and oxygen atoms in total. The van der Waals surface area contributed by atoms with Crippen LogP contribution in [-0.2, 0) is 0 Å². The molecule has 2 N–H and O–H groups in total. The third kappa shape index (κ3) is 1.83. The summed E-state index contributed by atoms with van der Waals surface area (Å²) < 4.78 is 1.95. The Balaban J connectivity index is 2.40. The van der Waals surface area contributed by atoms with Gasteiger partial charge in [-0.1, -0.05) is 0 Å². The quantitative estimate of drug-likeness (QED) is 0.844. The predicted molar refractivity (Wildman–Crippen MR) is 67.2 cm³/mol. The Labute approximate surface area is 107 Å². The van der Waals surface area contributed by atoms with Gasteiger partial charge in [0.05, 0.1) is 3.79 Å². The number of carbonyl (C=O) groups is 1. The smallest absolute Gasteiger partial charge is 0.345 e. The van der Waals surface area contributed by atoms with Crippen molar-refractivity contribution in [3.63, 3.8) is 0 Å². The number of amidine groups is 1. The van der Waals surface area contributed by atoms with E-state index in [0.717, 1.165) is 13.1 Å². The first kappa shape index (κ1) is 11.1. The van der Waals surface area contributed by atoms with Crippen LogP contribution in [0.1, 0.15) is 10.9 Å². The summed E-state index contributed by atoms with van der Waals surface area (Å²) in [5.41, 5.74) is 5.71. The number of nitrogens with two attached hydrogens (primary N) is 1. The normalized spacial score (nSPS) is 21.0. The topological polar surface area (TPSA) is 58.7 Å². The Bertz CT molecular complexity index is 437. The van der Waals surface area contributed by atoms with Gasteiger partial charge in [-0.3, -0.25) is 0 Å². The van der Waals surface area contributed by atoms with Crippen LogP contribution in [0.5, 0.6) is 0 Å². The van der Waals surface area contributed by atoms with Gasteiger partial charge in [-0.25, -0.2) is 4.79 Å². The number of hydrogen-bond acceptors (Lipinski definition) is 3. The van der Waals surface area contributed by atoms with E-state index in [1.807, 2.05) is 6.07 Å². The number of nitrogens with zero attached hydrogens (tertiary/aromatic N) is 2. The number of carbonyl (C=O) groups excluding carboxylic acids is 1. The van der Waals surface area contributed by atoms with Crippen LogP contribution in [0.2, 0.25) is 0 Å². The molecule has 2 rings (SSSR count). The monoisotopic (exact) mass is 351 g/mol. The summed E-state index contributed by atoms with van der Waals surface area (Å²) in [6.45, 7) is 0. The van der Waals surface area contributed by atoms with Crippen LogP contribution in [0.15, 0.2) is 19.3 Å². The molecule has 1 aliphatic heterocycles. The number of likely N-dealkylation sites (N-methyl/N-ethyl adjacent to an activating group) is 1. The SMILES string of the molecule is CN1C(=O)N=C(N)C1c1cc(Br)c(Br)s1. The van der Waals surface area contributed by atoms with Gasteiger partial charge < -0.3 is 10.6 Å². The second-order valence-electron chi connectivity index (χ2n) is 3.10. The second kappa shape index (κ2) is 3.88. The fraction of sp³-hybridized carbons (Fsp3) is 0.250. The second-order valence-corrected chi connectivity index (χ2v) is 6.36. The highest BCUT2D eigenvalue weighted by Gasteiger charge is 2.33. The summed E-state index contributed by atoms with van der Waals surface area (Å²) in [6.07, 6.45) is 0. The summed E-state index contributed by atoms with van der Waals surface area (Å²) in [6, 6.07) is 1.42. The molecule has 0 fully saturated rings. The van der Waals surface area contributed by atoms with Crippen LogP contribution < -0.4 is 5.73 Å². The lowest BCUT2D eigenvalue weighted by atomic mass is 10.2. The largest absolute Gasteiger partial charge is 0.385 e. The van der Waals surface area contributed by atoms with Crippen LogP contribution in [0, 0.1) is 0 Å². The van der Waals surface area contributed by atoms with E-state index in [9.17, 15) is 4.79 Å². The Kier molecular flexibility index (Phi) is 2.87. The van der Waals surface area contributed by atoms with Gasteiger partial charge in [0, 0.05) is 16.4 Å². The van der Waals surface area contributed by atoms with E-state index in [2.05, 4.69) is 36.9 Å². The van der Waals surface area contributed by atoms with Crippen molar-refractivity contribution in [1.29, 1.82) is 0 Å². The summed E-state index contributed by atoms with van der Waals surface area (Å²) >= 11 is 8.34. The van der Waals surface area contributed by atoms with Crippen molar-refractivity contribution < 1.29 is 4.79 Å². The minimum Gasteiger partial charge on any atom is -0.385 e. The Hall–Kier alpha value is -0.400. The molecule has 1 unspecified atom stereocenters. The average Bonchev–Trinajstić information content (AvgIpc) is 2.57. The summed E-state index contributed by atoms with van der Waals surface area (Å²) in [4.78, 5) is 17.5. The van der Waals surface area contributed by atoms with Crippen molar-refractivity contribution in [1.82, 2.24) is 4.90 Å². The van der Waals surface area contributed by atoms with Crippen molar-refractivity contribution in [2.24, 2.45) is 10.7 Å². The molecule has 1 aliphatic rings. The number of hydrogen-bond donors (Lipinski definition) is 1. The fourth-order valence-corrected chi connectivity index (χ4v) is 3.64. The maximum absolute atomic E-state index is 11.3. The van der Waals surface area contributed by atoms with E-state index in [-0.39, 0.29) is 12.1 Å². The van der Waals surface area contributed by atoms with Crippen molar-refractivity contribution in [3.05, 3.63) is 19.2 Å². The molecule has 0 saturated carbocycles. The molecule has 7 heteroatoms. The van der Waals surface area contributed by atoms with Gasteiger partial charge >= 0.3 is 6.03 Å². The Morgan fingerprint density at radius 2 is 2.27 bits per heavy atom. The molecular weight excluding hydrogens is 346 g/mol. The van der Waals surface area contributed by atoms with Gasteiger partial charge in [0.25, 0.3) is 0 Å². The van der Waals surface area contributed by atoms with E-state index >= 15 is 0 Å². The first-order chi connectivity index (χ1) is 7.00. The highest BCUT2D eigenvalue weighted by atomic mass is 79.9. The zero-order chi connectivity index (χ0) is 11.2. The first-order valence-electron chi connectivity index (χ1n) is 4.06. The minimum absolute atomic E-state index is 0.231. The number of rotatable bonds is 1. The van der Waals surface area contributed by atoms with Crippen molar-refractivity contribution in [2.45, 2.75) is 6.04 Å². The molecule has 1 aromatic heterocycles. The van der Waals surface area contributed by atoms with Gasteiger partial charge in [-0.2, -0.15) is 4.99 Å². The zero-order valence-electron chi connectivity index (χ0n) is 7.70. The molecule has 1 atom stereocenters. The van der Waals surface area contributed by atoms with Crippen LogP contribution in [0.4, 0.5) is 4.79 Å². The lowest BCUT2D eigenvalue weighted by Gasteiger charge is -2.17. The maximum Gasteiger partial charge on any atom is 0.345 e. The third-order valence-corrected chi connectivity index (χ3v) is 5.44. The zero-order valence-corrected chi connectivity index (χ0v) is 11.7. The molecule has 0 aromatic carbocycles. The van der Waals surface area contributed by atoms with E-state index in [1.54, 1.807) is 7.05 Å². The van der Waals surface area contributed by atoms with E-state index < -0.39 is 0 Å². The number of urea groups is 1. The molecule has 0 saturated heterocycles. The van der Waals surface area contributed by atoms with Gasteiger partial charge in [0.1, 0.15) is 11.9 Å². The molecule has 0 radical (unpaired) electrons. The van der Waals surface area contributed by atoms with Crippen LogP contribution >= 0.6 is 43.2 Å². The van der Waals surface area contributed by atoms with Gasteiger partial charge in [-0.15, -0.1) is 11.3 Å².